The summed E-state index contributed by atoms with van der Waals surface area (Å²) in [5.41, 5.74) is 0.600. The van der Waals surface area contributed by atoms with Crippen LogP contribution in [0.4, 0.5) is 5.82 Å². The van der Waals surface area contributed by atoms with Gasteiger partial charge in [0.1, 0.15) is 0 Å². The van der Waals surface area contributed by atoms with E-state index in [1.54, 1.807) is 18.3 Å². The highest BCUT2D eigenvalue weighted by Gasteiger charge is 2.14. The van der Waals surface area contributed by atoms with Gasteiger partial charge in [-0.2, -0.15) is 0 Å². The molecule has 1 aromatic heterocycles. The molecule has 0 saturated heterocycles. The Morgan fingerprint density at radius 1 is 1.40 bits per heavy atom. The van der Waals surface area contributed by atoms with Crippen LogP contribution in [0.3, 0.4) is 0 Å². The van der Waals surface area contributed by atoms with E-state index in [2.05, 4.69) is 9.98 Å². The van der Waals surface area contributed by atoms with E-state index in [0.717, 1.165) is 0 Å². The number of carbonyl (C=O) groups is 1. The molecular weight excluding hydrogens is 128 g/mol. The van der Waals surface area contributed by atoms with E-state index >= 15 is 0 Å². The summed E-state index contributed by atoms with van der Waals surface area (Å²) in [6.45, 7) is 0. The SMILES string of the molecule is O=C1C=Nc2ncccc21. The highest BCUT2D eigenvalue weighted by atomic mass is 16.1. The fraction of sp³-hybridized carbons (Fsp3) is 0. The van der Waals surface area contributed by atoms with Crippen molar-refractivity contribution in [3.8, 4) is 0 Å². The molecule has 0 fully saturated rings. The van der Waals surface area contributed by atoms with Gasteiger partial charge >= 0.3 is 0 Å². The van der Waals surface area contributed by atoms with Crippen molar-refractivity contribution in [2.75, 3.05) is 0 Å². The summed E-state index contributed by atoms with van der Waals surface area (Å²) in [4.78, 5) is 18.6. The summed E-state index contributed by atoms with van der Waals surface area (Å²) in [6.07, 6.45) is 2.91. The number of rotatable bonds is 0. The van der Waals surface area contributed by atoms with Gasteiger partial charge in [0.2, 0.25) is 5.78 Å². The monoisotopic (exact) mass is 132 g/mol. The second-order valence-electron chi connectivity index (χ2n) is 2.00. The summed E-state index contributed by atoms with van der Waals surface area (Å²) in [5, 5.41) is 0. The summed E-state index contributed by atoms with van der Waals surface area (Å²) >= 11 is 0. The van der Waals surface area contributed by atoms with Gasteiger partial charge in [0.15, 0.2) is 5.82 Å². The number of carbonyl (C=O) groups excluding carboxylic acids is 1. The zero-order valence-corrected chi connectivity index (χ0v) is 5.11. The first-order valence-electron chi connectivity index (χ1n) is 2.91. The van der Waals surface area contributed by atoms with Crippen molar-refractivity contribution < 1.29 is 4.79 Å². The Balaban J connectivity index is 2.70. The topological polar surface area (TPSA) is 42.3 Å². The van der Waals surface area contributed by atoms with Crippen LogP contribution in [0.1, 0.15) is 10.4 Å². The largest absolute Gasteiger partial charge is 0.287 e. The second kappa shape index (κ2) is 1.73. The lowest BCUT2D eigenvalue weighted by molar-refractivity contribution is 0.107. The minimum Gasteiger partial charge on any atom is -0.287 e. The van der Waals surface area contributed by atoms with Crippen LogP contribution >= 0.6 is 0 Å². The molecule has 0 aliphatic carbocycles. The third kappa shape index (κ3) is 0.572. The summed E-state index contributed by atoms with van der Waals surface area (Å²) < 4.78 is 0. The van der Waals surface area contributed by atoms with Crippen LogP contribution in [-0.4, -0.2) is 17.0 Å². The summed E-state index contributed by atoms with van der Waals surface area (Å²) in [6, 6.07) is 3.45. The van der Waals surface area contributed by atoms with Crippen molar-refractivity contribution in [3.05, 3.63) is 23.9 Å². The second-order valence-corrected chi connectivity index (χ2v) is 2.00. The van der Waals surface area contributed by atoms with Gasteiger partial charge in [0.25, 0.3) is 0 Å². The first kappa shape index (κ1) is 5.29. The van der Waals surface area contributed by atoms with Crippen molar-refractivity contribution in [1.29, 1.82) is 0 Å². The molecule has 0 spiro atoms. The lowest BCUT2D eigenvalue weighted by atomic mass is 10.2. The Kier molecular flexibility index (Phi) is 0.917. The van der Waals surface area contributed by atoms with Gasteiger partial charge in [-0.1, -0.05) is 0 Å². The molecule has 10 heavy (non-hydrogen) atoms. The zero-order valence-electron chi connectivity index (χ0n) is 5.11. The van der Waals surface area contributed by atoms with Crippen molar-refractivity contribution in [1.82, 2.24) is 4.98 Å². The van der Waals surface area contributed by atoms with Gasteiger partial charge < -0.3 is 0 Å². The molecule has 1 aliphatic rings. The maximum absolute atomic E-state index is 10.9. The van der Waals surface area contributed by atoms with Crippen LogP contribution in [0.25, 0.3) is 0 Å². The van der Waals surface area contributed by atoms with Crippen LogP contribution in [0.5, 0.6) is 0 Å². The fourth-order valence-corrected chi connectivity index (χ4v) is 0.881. The predicted octanol–water partition coefficient (Wildman–Crippen LogP) is 0.980. The highest BCUT2D eigenvalue weighted by Crippen LogP contribution is 2.18. The van der Waals surface area contributed by atoms with Crippen molar-refractivity contribution in [3.63, 3.8) is 0 Å². The van der Waals surface area contributed by atoms with E-state index in [1.165, 1.54) is 6.21 Å². The zero-order chi connectivity index (χ0) is 6.97. The van der Waals surface area contributed by atoms with Crippen LogP contribution in [0.15, 0.2) is 23.3 Å². The molecule has 2 heterocycles. The number of pyridine rings is 1. The number of nitrogens with zero attached hydrogens (tertiary/aromatic N) is 2. The maximum atomic E-state index is 10.9. The minimum absolute atomic E-state index is 0.0527. The van der Waals surface area contributed by atoms with Crippen LogP contribution in [-0.2, 0) is 0 Å². The number of hydrogen-bond acceptors (Lipinski definition) is 3. The third-order valence-electron chi connectivity index (χ3n) is 1.36. The molecular formula is C7H4N2O. The molecule has 1 aliphatic heterocycles. The molecule has 0 amide bonds. The molecule has 0 radical (unpaired) electrons. The molecule has 0 aromatic carbocycles. The average Bonchev–Trinajstić information content (AvgIpc) is 2.34. The van der Waals surface area contributed by atoms with Gasteiger partial charge in [-0.3, -0.25) is 4.79 Å². The van der Waals surface area contributed by atoms with Gasteiger partial charge in [0, 0.05) is 6.20 Å². The van der Waals surface area contributed by atoms with Crippen molar-refractivity contribution in [2.24, 2.45) is 4.99 Å². The summed E-state index contributed by atoms with van der Waals surface area (Å²) in [7, 11) is 0. The maximum Gasteiger partial charge on any atom is 0.207 e. The van der Waals surface area contributed by atoms with Crippen LogP contribution in [0.2, 0.25) is 0 Å². The molecule has 0 saturated carbocycles. The van der Waals surface area contributed by atoms with E-state index in [4.69, 9.17) is 0 Å². The van der Waals surface area contributed by atoms with Crippen LogP contribution < -0.4 is 0 Å². The predicted molar refractivity (Wildman–Crippen MR) is 36.7 cm³/mol. The molecule has 0 unspecified atom stereocenters. The number of aromatic nitrogens is 1. The standard InChI is InChI=1S/C7H4N2O/c10-6-4-9-7-5(6)2-1-3-8-7/h1-4H. The number of Topliss-reactive ketones (excluding diaryl/α,β-unsaturated/α-hetero) is 1. The Morgan fingerprint density at radius 3 is 3.10 bits per heavy atom. The average molecular weight is 132 g/mol. The Morgan fingerprint density at radius 2 is 2.30 bits per heavy atom. The number of hydrogen-bond donors (Lipinski definition) is 0. The lowest BCUT2D eigenvalue weighted by Gasteiger charge is -1.89. The molecule has 3 heteroatoms. The molecule has 0 N–H and O–H groups in total. The number of ketones is 1. The first-order valence-corrected chi connectivity index (χ1v) is 2.91. The van der Waals surface area contributed by atoms with E-state index in [1.807, 2.05) is 0 Å². The van der Waals surface area contributed by atoms with E-state index < -0.39 is 0 Å². The molecule has 0 bridgehead atoms. The van der Waals surface area contributed by atoms with Gasteiger partial charge in [0.05, 0.1) is 11.8 Å². The molecule has 3 nitrogen and oxygen atoms in total. The number of fused-ring (bicyclic) bond motifs is 1. The van der Waals surface area contributed by atoms with Gasteiger partial charge in [-0.25, -0.2) is 9.98 Å². The smallest absolute Gasteiger partial charge is 0.207 e. The first-order chi connectivity index (χ1) is 4.88. The molecule has 0 atom stereocenters. The Hall–Kier alpha value is -1.51. The molecule has 1 aromatic rings. The molecule has 48 valence electrons. The van der Waals surface area contributed by atoms with Crippen molar-refractivity contribution in [2.45, 2.75) is 0 Å². The normalized spacial score (nSPS) is 13.8. The highest BCUT2D eigenvalue weighted by molar-refractivity contribution is 6.39. The van der Waals surface area contributed by atoms with Crippen LogP contribution in [0, 0.1) is 0 Å². The Labute approximate surface area is 57.4 Å². The quantitative estimate of drug-likeness (QED) is 0.528. The Bertz CT molecular complexity index is 317. The lowest BCUT2D eigenvalue weighted by Crippen LogP contribution is -1.93. The molecule has 2 rings (SSSR count). The fourth-order valence-electron chi connectivity index (χ4n) is 0.881. The number of aliphatic imine (C=N–C) groups is 1. The summed E-state index contributed by atoms with van der Waals surface area (Å²) in [5.74, 6) is 0.482. The van der Waals surface area contributed by atoms with Gasteiger partial charge in [-0.05, 0) is 12.1 Å². The minimum atomic E-state index is -0.0527. The third-order valence-corrected chi connectivity index (χ3v) is 1.36. The van der Waals surface area contributed by atoms with E-state index in [0.29, 0.717) is 11.4 Å². The van der Waals surface area contributed by atoms with E-state index in [-0.39, 0.29) is 5.78 Å². The van der Waals surface area contributed by atoms with Gasteiger partial charge in [-0.15, -0.1) is 0 Å². The van der Waals surface area contributed by atoms with E-state index in [9.17, 15) is 4.79 Å². The van der Waals surface area contributed by atoms with Crippen molar-refractivity contribution >= 4 is 17.8 Å².